The molecule has 2 aromatic carbocycles. The molecule has 3 aromatic rings. The molecule has 1 aromatic heterocycles. The van der Waals surface area contributed by atoms with E-state index < -0.39 is 0 Å². The number of carbonyl (C=O) groups is 1. The maximum absolute atomic E-state index is 12.6. The first-order valence-electron chi connectivity index (χ1n) is 8.68. The molecule has 0 radical (unpaired) electrons. The van der Waals surface area contributed by atoms with Gasteiger partial charge in [0.25, 0.3) is 5.91 Å². The molecule has 8 heteroatoms. The number of para-hydroxylation sites is 2. The zero-order valence-electron chi connectivity index (χ0n) is 15.1. The summed E-state index contributed by atoms with van der Waals surface area (Å²) in [4.78, 5) is 12.6. The van der Waals surface area contributed by atoms with Gasteiger partial charge in [-0.25, -0.2) is 0 Å². The molecule has 0 bridgehead atoms. The van der Waals surface area contributed by atoms with Crippen LogP contribution in [0.4, 0.5) is 5.69 Å². The van der Waals surface area contributed by atoms with Crippen LogP contribution in [0.3, 0.4) is 0 Å². The number of anilines is 1. The number of methoxy groups -OCH3 is 1. The van der Waals surface area contributed by atoms with E-state index in [0.717, 1.165) is 5.75 Å². The average molecular weight is 400 g/mol. The number of ether oxygens (including phenoxy) is 3. The van der Waals surface area contributed by atoms with Gasteiger partial charge < -0.3 is 19.5 Å². The average Bonchev–Trinajstić information content (AvgIpc) is 3.14. The lowest BCUT2D eigenvalue weighted by Gasteiger charge is -2.26. The highest BCUT2D eigenvalue weighted by Crippen LogP contribution is 2.31. The Morgan fingerprint density at radius 3 is 2.96 bits per heavy atom. The van der Waals surface area contributed by atoms with Crippen LogP contribution in [0.25, 0.3) is 0 Å². The monoisotopic (exact) mass is 399 g/mol. The number of benzene rings is 2. The number of halogens is 1. The van der Waals surface area contributed by atoms with Crippen molar-refractivity contribution in [2.24, 2.45) is 0 Å². The fourth-order valence-electron chi connectivity index (χ4n) is 2.95. The summed E-state index contributed by atoms with van der Waals surface area (Å²) in [7, 11) is 1.50. The summed E-state index contributed by atoms with van der Waals surface area (Å²) in [5.41, 5.74) is 0.910. The molecule has 0 fully saturated rings. The molecule has 1 aliphatic heterocycles. The van der Waals surface area contributed by atoms with E-state index in [9.17, 15) is 4.79 Å². The van der Waals surface area contributed by atoms with Crippen molar-refractivity contribution in [3.05, 3.63) is 65.4 Å². The van der Waals surface area contributed by atoms with Crippen LogP contribution in [0, 0.1) is 0 Å². The first-order chi connectivity index (χ1) is 13.6. The van der Waals surface area contributed by atoms with Gasteiger partial charge in [0.2, 0.25) is 0 Å². The molecule has 0 saturated heterocycles. The Balaban J connectivity index is 1.41. The van der Waals surface area contributed by atoms with Crippen LogP contribution in [0.2, 0.25) is 5.02 Å². The van der Waals surface area contributed by atoms with Crippen LogP contribution >= 0.6 is 11.6 Å². The summed E-state index contributed by atoms with van der Waals surface area (Å²) in [5.74, 6) is 1.57. The second-order valence-corrected chi connectivity index (χ2v) is 6.68. The Kier molecular flexibility index (Phi) is 5.08. The van der Waals surface area contributed by atoms with E-state index in [4.69, 9.17) is 25.8 Å². The van der Waals surface area contributed by atoms with Gasteiger partial charge in [-0.3, -0.25) is 9.48 Å². The second kappa shape index (κ2) is 7.82. The largest absolute Gasteiger partial charge is 0.496 e. The molecule has 7 nitrogen and oxygen atoms in total. The van der Waals surface area contributed by atoms with E-state index in [1.165, 1.54) is 7.11 Å². The van der Waals surface area contributed by atoms with E-state index in [-0.39, 0.29) is 12.0 Å². The quantitative estimate of drug-likeness (QED) is 0.709. The van der Waals surface area contributed by atoms with Gasteiger partial charge in [-0.1, -0.05) is 23.7 Å². The third-order valence-electron chi connectivity index (χ3n) is 4.26. The van der Waals surface area contributed by atoms with Crippen molar-refractivity contribution < 1.29 is 19.0 Å². The number of aromatic nitrogens is 2. The second-order valence-electron chi connectivity index (χ2n) is 6.25. The Labute approximate surface area is 166 Å². The van der Waals surface area contributed by atoms with Crippen molar-refractivity contribution in [1.82, 2.24) is 9.78 Å². The Morgan fingerprint density at radius 2 is 2.14 bits per heavy atom. The molecule has 144 valence electrons. The third-order valence-corrected chi connectivity index (χ3v) is 4.49. The molecule has 1 atom stereocenters. The highest BCUT2D eigenvalue weighted by atomic mass is 35.5. The molecule has 1 N–H and O–H groups in total. The summed E-state index contributed by atoms with van der Waals surface area (Å²) in [6, 6.07) is 12.4. The number of hydrogen-bond donors (Lipinski definition) is 1. The number of rotatable bonds is 5. The molecule has 0 saturated carbocycles. The number of fused-ring (bicyclic) bond motifs is 1. The summed E-state index contributed by atoms with van der Waals surface area (Å²) < 4.78 is 18.6. The maximum Gasteiger partial charge on any atom is 0.259 e. The normalized spacial score (nSPS) is 15.1. The number of nitrogens with zero attached hydrogens (tertiary/aromatic N) is 2. The molecule has 4 rings (SSSR count). The minimum Gasteiger partial charge on any atom is -0.496 e. The van der Waals surface area contributed by atoms with Crippen molar-refractivity contribution in [2.75, 3.05) is 19.0 Å². The van der Waals surface area contributed by atoms with Gasteiger partial charge in [-0.05, 0) is 30.3 Å². The van der Waals surface area contributed by atoms with Crippen molar-refractivity contribution in [3.63, 3.8) is 0 Å². The number of nitrogens with one attached hydrogen (secondary N) is 1. The minimum atomic E-state index is -0.329. The smallest absolute Gasteiger partial charge is 0.259 e. The number of carbonyl (C=O) groups excluding carboxylic acids is 1. The van der Waals surface area contributed by atoms with Crippen LogP contribution in [-0.2, 0) is 6.54 Å². The Bertz CT molecular complexity index is 1000. The summed E-state index contributed by atoms with van der Waals surface area (Å²) in [5, 5.41) is 7.54. The zero-order chi connectivity index (χ0) is 19.5. The van der Waals surface area contributed by atoms with Gasteiger partial charge >= 0.3 is 0 Å². The standard InChI is InChI=1S/C20H18ClN3O4/c1-26-17-7-6-13(21)8-16(17)20(25)23-14-9-22-24(10-14)11-15-12-27-18-4-2-3-5-19(18)28-15/h2-10,15H,11-12H2,1H3,(H,23,25)/t15-/m1/s1. The van der Waals surface area contributed by atoms with Crippen LogP contribution < -0.4 is 19.5 Å². The van der Waals surface area contributed by atoms with Crippen molar-refractivity contribution in [3.8, 4) is 17.2 Å². The van der Waals surface area contributed by atoms with E-state index >= 15 is 0 Å². The number of amides is 1. The molecule has 28 heavy (non-hydrogen) atoms. The van der Waals surface area contributed by atoms with Gasteiger partial charge in [0.15, 0.2) is 17.6 Å². The van der Waals surface area contributed by atoms with Crippen molar-refractivity contribution in [1.29, 1.82) is 0 Å². The molecule has 1 aliphatic rings. The molecular weight excluding hydrogens is 382 g/mol. The highest BCUT2D eigenvalue weighted by molar-refractivity contribution is 6.31. The molecule has 2 heterocycles. The van der Waals surface area contributed by atoms with Gasteiger partial charge in [0.05, 0.1) is 31.1 Å². The highest BCUT2D eigenvalue weighted by Gasteiger charge is 2.21. The van der Waals surface area contributed by atoms with Crippen molar-refractivity contribution in [2.45, 2.75) is 12.6 Å². The SMILES string of the molecule is COc1ccc(Cl)cc1C(=O)Nc1cnn(C[C@@H]2COc3ccccc3O2)c1. The molecular formula is C20H18ClN3O4. The molecule has 0 aliphatic carbocycles. The predicted molar refractivity (Wildman–Crippen MR) is 105 cm³/mol. The topological polar surface area (TPSA) is 74.6 Å². The van der Waals surface area contributed by atoms with E-state index in [2.05, 4.69) is 10.4 Å². The van der Waals surface area contributed by atoms with Crippen molar-refractivity contribution >= 4 is 23.2 Å². The lowest BCUT2D eigenvalue weighted by molar-refractivity contribution is 0.0759. The van der Waals surface area contributed by atoms with E-state index in [1.54, 1.807) is 35.3 Å². The van der Waals surface area contributed by atoms with Crippen LogP contribution in [0.15, 0.2) is 54.9 Å². The molecule has 0 unspecified atom stereocenters. The van der Waals surface area contributed by atoms with Gasteiger partial charge in [0, 0.05) is 11.2 Å². The van der Waals surface area contributed by atoms with Crippen LogP contribution in [-0.4, -0.2) is 35.5 Å². The lowest BCUT2D eigenvalue weighted by Crippen LogP contribution is -2.33. The first kappa shape index (κ1) is 18.2. The number of hydrogen-bond acceptors (Lipinski definition) is 5. The van der Waals surface area contributed by atoms with Gasteiger partial charge in [-0.2, -0.15) is 5.10 Å². The first-order valence-corrected chi connectivity index (χ1v) is 9.06. The lowest BCUT2D eigenvalue weighted by atomic mass is 10.2. The van der Waals surface area contributed by atoms with Gasteiger partial charge in [-0.15, -0.1) is 0 Å². The molecule has 0 spiro atoms. The maximum atomic E-state index is 12.6. The van der Waals surface area contributed by atoms with E-state index in [1.807, 2.05) is 24.3 Å². The Morgan fingerprint density at radius 1 is 1.32 bits per heavy atom. The fraction of sp³-hybridized carbons (Fsp3) is 0.200. The summed E-state index contributed by atoms with van der Waals surface area (Å²) in [6.07, 6.45) is 3.14. The summed E-state index contributed by atoms with van der Waals surface area (Å²) in [6.45, 7) is 0.920. The molecule has 1 amide bonds. The fourth-order valence-corrected chi connectivity index (χ4v) is 3.12. The van der Waals surface area contributed by atoms with E-state index in [0.29, 0.717) is 40.9 Å². The Hall–Kier alpha value is -3.19. The van der Waals surface area contributed by atoms with Gasteiger partial charge in [0.1, 0.15) is 12.4 Å². The third kappa shape index (κ3) is 3.89. The van der Waals surface area contributed by atoms with Crippen LogP contribution in [0.1, 0.15) is 10.4 Å². The minimum absolute atomic E-state index is 0.175. The zero-order valence-corrected chi connectivity index (χ0v) is 15.8. The predicted octanol–water partition coefficient (Wildman–Crippen LogP) is 3.64. The summed E-state index contributed by atoms with van der Waals surface area (Å²) >= 11 is 5.99. The van der Waals surface area contributed by atoms with Crippen LogP contribution in [0.5, 0.6) is 17.2 Å².